The minimum absolute atomic E-state index is 0.0580. The predicted octanol–water partition coefficient (Wildman–Crippen LogP) is 4.27. The highest BCUT2D eigenvalue weighted by Crippen LogP contribution is 2.25. The maximum absolute atomic E-state index is 11.9. The summed E-state index contributed by atoms with van der Waals surface area (Å²) in [6.45, 7) is 3.79. The number of amides is 1. The fourth-order valence-corrected chi connectivity index (χ4v) is 2.29. The van der Waals surface area contributed by atoms with Crippen molar-refractivity contribution < 1.29 is 4.79 Å². The highest BCUT2D eigenvalue weighted by atomic mass is 35.5. The van der Waals surface area contributed by atoms with Crippen molar-refractivity contribution in [3.63, 3.8) is 0 Å². The number of nitrogens with zero attached hydrogens (tertiary/aromatic N) is 1. The number of hydrogen-bond donors (Lipinski definition) is 2. The Labute approximate surface area is 133 Å². The fraction of sp³-hybridized carbons (Fsp3) is 0.200. The van der Waals surface area contributed by atoms with Gasteiger partial charge >= 0.3 is 0 Å². The first-order valence-electron chi connectivity index (χ1n) is 6.44. The largest absolute Gasteiger partial charge is 0.355 e. The molecule has 1 aromatic heterocycles. The number of hydrogen-bond acceptors (Lipinski definition) is 3. The van der Waals surface area contributed by atoms with Crippen LogP contribution in [-0.4, -0.2) is 16.9 Å². The molecule has 2 N–H and O–H groups in total. The molecule has 0 radical (unpaired) electrons. The molecule has 6 heteroatoms. The van der Waals surface area contributed by atoms with Crippen molar-refractivity contribution in [3.8, 4) is 0 Å². The molecule has 0 atom stereocenters. The van der Waals surface area contributed by atoms with Gasteiger partial charge in [0.15, 0.2) is 0 Å². The Morgan fingerprint density at radius 2 is 1.76 bits per heavy atom. The first-order valence-corrected chi connectivity index (χ1v) is 7.19. The Morgan fingerprint density at radius 1 is 1.10 bits per heavy atom. The lowest BCUT2D eigenvalue weighted by molar-refractivity contribution is 0.0938. The smallest absolute Gasteiger partial charge is 0.270 e. The number of carbonyl (C=O) groups excluding carboxylic acids is 1. The minimum atomic E-state index is -0.210. The summed E-state index contributed by atoms with van der Waals surface area (Å²) in [7, 11) is 0. The van der Waals surface area contributed by atoms with Crippen LogP contribution < -0.4 is 10.6 Å². The van der Waals surface area contributed by atoms with Crippen molar-refractivity contribution in [2.24, 2.45) is 0 Å². The molecule has 1 heterocycles. The van der Waals surface area contributed by atoms with Gasteiger partial charge in [0.1, 0.15) is 5.69 Å². The van der Waals surface area contributed by atoms with Crippen LogP contribution in [-0.2, 0) is 0 Å². The maximum Gasteiger partial charge on any atom is 0.270 e. The zero-order valence-electron chi connectivity index (χ0n) is 11.7. The SMILES string of the molecule is CC(C)NC(=O)c1cc(Nc2cc(Cl)cc(Cl)c2)ccn1. The van der Waals surface area contributed by atoms with E-state index in [4.69, 9.17) is 23.2 Å². The van der Waals surface area contributed by atoms with E-state index in [1.165, 1.54) is 0 Å². The summed E-state index contributed by atoms with van der Waals surface area (Å²) in [6.07, 6.45) is 1.57. The zero-order chi connectivity index (χ0) is 15.4. The van der Waals surface area contributed by atoms with Crippen molar-refractivity contribution in [1.82, 2.24) is 10.3 Å². The third-order valence-corrected chi connectivity index (χ3v) is 3.00. The van der Waals surface area contributed by atoms with Crippen LogP contribution in [0.15, 0.2) is 36.5 Å². The molecule has 0 aliphatic heterocycles. The van der Waals surface area contributed by atoms with Gasteiger partial charge in [-0.15, -0.1) is 0 Å². The second-order valence-electron chi connectivity index (χ2n) is 4.84. The Hall–Kier alpha value is -1.78. The Balaban J connectivity index is 2.19. The van der Waals surface area contributed by atoms with E-state index in [2.05, 4.69) is 15.6 Å². The highest BCUT2D eigenvalue weighted by molar-refractivity contribution is 6.35. The van der Waals surface area contributed by atoms with Crippen LogP contribution in [0.2, 0.25) is 10.0 Å². The summed E-state index contributed by atoms with van der Waals surface area (Å²) >= 11 is 11.9. The molecule has 0 fully saturated rings. The Morgan fingerprint density at radius 3 is 2.38 bits per heavy atom. The van der Waals surface area contributed by atoms with Gasteiger partial charge in [-0.05, 0) is 44.2 Å². The fourth-order valence-electron chi connectivity index (χ4n) is 1.76. The second-order valence-corrected chi connectivity index (χ2v) is 5.71. The Bertz CT molecular complexity index is 639. The van der Waals surface area contributed by atoms with Crippen molar-refractivity contribution >= 4 is 40.5 Å². The van der Waals surface area contributed by atoms with Crippen LogP contribution in [0.4, 0.5) is 11.4 Å². The van der Waals surface area contributed by atoms with E-state index in [0.29, 0.717) is 15.7 Å². The second kappa shape index (κ2) is 6.78. The first kappa shape index (κ1) is 15.6. The third kappa shape index (κ3) is 4.62. The molecule has 0 aliphatic rings. The number of carbonyl (C=O) groups is 1. The van der Waals surface area contributed by atoms with Gasteiger partial charge in [0.2, 0.25) is 0 Å². The Kier molecular flexibility index (Phi) is 5.04. The van der Waals surface area contributed by atoms with Crippen molar-refractivity contribution in [1.29, 1.82) is 0 Å². The van der Waals surface area contributed by atoms with E-state index in [1.54, 1.807) is 36.5 Å². The van der Waals surface area contributed by atoms with Gasteiger partial charge in [-0.25, -0.2) is 0 Å². The summed E-state index contributed by atoms with van der Waals surface area (Å²) < 4.78 is 0. The molecule has 0 saturated heterocycles. The predicted molar refractivity (Wildman–Crippen MR) is 86.6 cm³/mol. The van der Waals surface area contributed by atoms with Gasteiger partial charge in [0.25, 0.3) is 5.91 Å². The summed E-state index contributed by atoms with van der Waals surface area (Å²) in [5, 5.41) is 7.02. The highest BCUT2D eigenvalue weighted by Gasteiger charge is 2.09. The maximum atomic E-state index is 11.9. The third-order valence-electron chi connectivity index (χ3n) is 2.56. The van der Waals surface area contributed by atoms with Gasteiger partial charge in [0.05, 0.1) is 0 Å². The van der Waals surface area contributed by atoms with Crippen LogP contribution in [0.3, 0.4) is 0 Å². The number of halogens is 2. The van der Waals surface area contributed by atoms with Crippen LogP contribution in [0, 0.1) is 0 Å². The molecule has 2 aromatic rings. The van der Waals surface area contributed by atoms with Crippen molar-refractivity contribution in [2.45, 2.75) is 19.9 Å². The summed E-state index contributed by atoms with van der Waals surface area (Å²) in [5.41, 5.74) is 1.83. The van der Waals surface area contributed by atoms with E-state index in [-0.39, 0.29) is 11.9 Å². The van der Waals surface area contributed by atoms with Crippen LogP contribution in [0.1, 0.15) is 24.3 Å². The zero-order valence-corrected chi connectivity index (χ0v) is 13.2. The van der Waals surface area contributed by atoms with E-state index in [9.17, 15) is 4.79 Å². The molecular weight excluding hydrogens is 309 g/mol. The standard InChI is InChI=1S/C15H15Cl2N3O/c1-9(2)19-15(21)14-8-12(3-4-18-14)20-13-6-10(16)5-11(17)7-13/h3-9H,1-2H3,(H,18,20)(H,19,21). The van der Waals surface area contributed by atoms with E-state index >= 15 is 0 Å². The monoisotopic (exact) mass is 323 g/mol. The van der Waals surface area contributed by atoms with Gasteiger partial charge in [-0.2, -0.15) is 0 Å². The molecule has 0 unspecified atom stereocenters. The minimum Gasteiger partial charge on any atom is -0.355 e. The molecule has 0 aliphatic carbocycles. The molecule has 1 amide bonds. The molecule has 110 valence electrons. The lowest BCUT2D eigenvalue weighted by atomic mass is 10.2. The molecule has 2 rings (SSSR count). The number of rotatable bonds is 4. The number of pyridine rings is 1. The van der Waals surface area contributed by atoms with Crippen LogP contribution in [0.5, 0.6) is 0 Å². The normalized spacial score (nSPS) is 10.5. The van der Waals surface area contributed by atoms with Crippen molar-refractivity contribution in [2.75, 3.05) is 5.32 Å². The number of aromatic nitrogens is 1. The number of benzene rings is 1. The van der Waals surface area contributed by atoms with Crippen molar-refractivity contribution in [3.05, 3.63) is 52.3 Å². The van der Waals surface area contributed by atoms with Gasteiger partial charge < -0.3 is 10.6 Å². The quantitative estimate of drug-likeness (QED) is 0.883. The first-order chi connectivity index (χ1) is 9.94. The van der Waals surface area contributed by atoms with E-state index in [0.717, 1.165) is 11.4 Å². The lowest BCUT2D eigenvalue weighted by Gasteiger charge is -2.10. The molecular formula is C15H15Cl2N3O. The molecule has 21 heavy (non-hydrogen) atoms. The molecule has 0 spiro atoms. The van der Waals surface area contributed by atoms with Gasteiger partial charge in [0, 0.05) is 33.7 Å². The molecule has 4 nitrogen and oxygen atoms in total. The molecule has 0 saturated carbocycles. The molecule has 1 aromatic carbocycles. The van der Waals surface area contributed by atoms with Crippen LogP contribution in [0.25, 0.3) is 0 Å². The number of anilines is 2. The summed E-state index contributed by atoms with van der Waals surface area (Å²) in [6, 6.07) is 8.65. The average Bonchev–Trinajstić information content (AvgIpc) is 2.37. The average molecular weight is 324 g/mol. The topological polar surface area (TPSA) is 54.0 Å². The van der Waals surface area contributed by atoms with E-state index in [1.807, 2.05) is 13.8 Å². The van der Waals surface area contributed by atoms with Gasteiger partial charge in [-0.3, -0.25) is 9.78 Å². The van der Waals surface area contributed by atoms with E-state index < -0.39 is 0 Å². The lowest BCUT2D eigenvalue weighted by Crippen LogP contribution is -2.30. The molecule has 0 bridgehead atoms. The summed E-state index contributed by atoms with van der Waals surface area (Å²) in [5.74, 6) is -0.210. The number of nitrogens with one attached hydrogen (secondary N) is 2. The summed E-state index contributed by atoms with van der Waals surface area (Å²) in [4.78, 5) is 16.0. The van der Waals surface area contributed by atoms with Gasteiger partial charge in [-0.1, -0.05) is 23.2 Å². The van der Waals surface area contributed by atoms with Crippen LogP contribution >= 0.6 is 23.2 Å².